The van der Waals surface area contributed by atoms with Crippen molar-refractivity contribution in [1.82, 2.24) is 0 Å². The van der Waals surface area contributed by atoms with Crippen LogP contribution >= 0.6 is 11.3 Å². The molecule has 0 unspecified atom stereocenters. The van der Waals surface area contributed by atoms with Crippen LogP contribution in [0.1, 0.15) is 11.0 Å². The average Bonchev–Trinajstić information content (AvgIpc) is 3.57. The highest BCUT2D eigenvalue weighted by Crippen LogP contribution is 2.49. The zero-order chi connectivity index (χ0) is 36.4. The van der Waals surface area contributed by atoms with Crippen LogP contribution in [0.4, 0.5) is 0 Å². The maximum Gasteiger partial charge on any atom is 0.0629 e. The molecule has 0 fully saturated rings. The Labute approximate surface area is 275 Å². The Kier molecular flexibility index (Phi) is 3.87. The highest BCUT2D eigenvalue weighted by atomic mass is 32.1. The normalized spacial score (nSPS) is 14.5. The van der Waals surface area contributed by atoms with Gasteiger partial charge in [0.25, 0.3) is 0 Å². The molecule has 0 nitrogen and oxygen atoms in total. The lowest BCUT2D eigenvalue weighted by molar-refractivity contribution is 1.70. The van der Waals surface area contributed by atoms with Crippen molar-refractivity contribution in [3.63, 3.8) is 0 Å². The second kappa shape index (κ2) is 9.50. The lowest BCUT2D eigenvalue weighted by Crippen LogP contribution is -1.93. The van der Waals surface area contributed by atoms with Crippen molar-refractivity contribution >= 4 is 85.4 Å². The van der Waals surface area contributed by atoms with E-state index in [1.807, 2.05) is 97.1 Å². The minimum Gasteiger partial charge on any atom is -0.135 e. The van der Waals surface area contributed by atoms with Gasteiger partial charge >= 0.3 is 0 Å². The van der Waals surface area contributed by atoms with Crippen molar-refractivity contribution in [3.8, 4) is 22.3 Å². The summed E-state index contributed by atoms with van der Waals surface area (Å²) in [6, 6.07) is 33.2. The Morgan fingerprint density at radius 1 is 0.378 bits per heavy atom. The first-order chi connectivity index (χ1) is 25.7. The molecular formula is C44H26S. The number of thiophene rings is 1. The van der Waals surface area contributed by atoms with E-state index < -0.39 is 24.2 Å². The Hall–Kier alpha value is -5.50. The SMILES string of the molecule is [2H]c1c([2H])c([2H])c2c(-c3cccc4ccc5ccccc5c34)c3c([2H])c([2H])c([2H])c([2H])c3c(-c3cc4sc5ccccc5c4c4ccccc34)c2c1[2H]. The smallest absolute Gasteiger partial charge is 0.0629 e. The molecule has 0 saturated heterocycles. The first-order valence-corrected chi connectivity index (χ1v) is 15.7. The fourth-order valence-corrected chi connectivity index (χ4v) is 8.39. The number of rotatable bonds is 2. The van der Waals surface area contributed by atoms with Crippen molar-refractivity contribution in [2.45, 2.75) is 0 Å². The van der Waals surface area contributed by atoms with Gasteiger partial charge in [0.05, 0.1) is 11.0 Å². The lowest BCUT2D eigenvalue weighted by Gasteiger charge is -2.20. The summed E-state index contributed by atoms with van der Waals surface area (Å²) in [6.07, 6.45) is 0. The number of fused-ring (bicyclic) bond motifs is 10. The van der Waals surface area contributed by atoms with Gasteiger partial charge in [-0.2, -0.15) is 0 Å². The molecule has 0 saturated carbocycles. The molecule has 0 radical (unpaired) electrons. The summed E-state index contributed by atoms with van der Waals surface area (Å²) in [7, 11) is 0. The summed E-state index contributed by atoms with van der Waals surface area (Å²) in [5.74, 6) is 0. The standard InChI is InChI=1S/C44H26S/c1-2-14-29-27(12-1)24-25-28-13-11-22-37(41(28)29)42-32-17-5-7-19-34(32)43(35-20-8-6-18-33(35)42)38-26-40-44(31-16-4-3-15-30(31)38)36-21-9-10-23-39(36)45-40/h1-26H/i5D,6D,7D,8D,17D,18D,19D,20D. The van der Waals surface area contributed by atoms with Crippen LogP contribution in [0.3, 0.4) is 0 Å². The molecule has 1 heterocycles. The molecule has 10 rings (SSSR count). The summed E-state index contributed by atoms with van der Waals surface area (Å²) in [5.41, 5.74) is 1.98. The van der Waals surface area contributed by atoms with Crippen LogP contribution in [0.5, 0.6) is 0 Å². The second-order valence-corrected chi connectivity index (χ2v) is 12.5. The molecule has 9 aromatic carbocycles. The molecule has 0 aliphatic carbocycles. The van der Waals surface area contributed by atoms with Crippen molar-refractivity contribution < 1.29 is 11.0 Å². The number of hydrogen-bond donors (Lipinski definition) is 0. The van der Waals surface area contributed by atoms with Gasteiger partial charge < -0.3 is 0 Å². The third-order valence-corrected chi connectivity index (χ3v) is 10.2. The van der Waals surface area contributed by atoms with Crippen LogP contribution in [0, 0.1) is 0 Å². The zero-order valence-electron chi connectivity index (χ0n) is 31.8. The van der Waals surface area contributed by atoms with Gasteiger partial charge in [-0.05, 0) is 88.2 Å². The summed E-state index contributed by atoms with van der Waals surface area (Å²) < 4.78 is 76.0. The molecule has 0 aliphatic rings. The minimum absolute atomic E-state index is 0.212. The molecule has 10 aromatic rings. The Morgan fingerprint density at radius 3 is 1.67 bits per heavy atom. The van der Waals surface area contributed by atoms with E-state index in [9.17, 15) is 5.48 Å². The third-order valence-electron chi connectivity index (χ3n) is 9.07. The predicted molar refractivity (Wildman–Crippen MR) is 198 cm³/mol. The van der Waals surface area contributed by atoms with Crippen LogP contribution in [-0.4, -0.2) is 0 Å². The summed E-state index contributed by atoms with van der Waals surface area (Å²) in [5, 5.41) is 8.42. The van der Waals surface area contributed by atoms with E-state index in [2.05, 4.69) is 12.1 Å². The molecule has 0 amide bonds. The highest BCUT2D eigenvalue weighted by Gasteiger charge is 2.21. The molecule has 1 heteroatoms. The number of hydrogen-bond acceptors (Lipinski definition) is 1. The highest BCUT2D eigenvalue weighted by molar-refractivity contribution is 7.26. The molecule has 0 spiro atoms. The van der Waals surface area contributed by atoms with Crippen LogP contribution in [-0.2, 0) is 0 Å². The topological polar surface area (TPSA) is 0 Å². The predicted octanol–water partition coefficient (Wildman–Crippen LogP) is 13.2. The monoisotopic (exact) mass is 594 g/mol. The first kappa shape index (κ1) is 18.3. The third kappa shape index (κ3) is 3.53. The van der Waals surface area contributed by atoms with Gasteiger partial charge in [0, 0.05) is 20.2 Å². The van der Waals surface area contributed by atoms with E-state index in [0.717, 1.165) is 52.5 Å². The fourth-order valence-electron chi connectivity index (χ4n) is 7.23. The van der Waals surface area contributed by atoms with Gasteiger partial charge in [0.1, 0.15) is 0 Å². The fraction of sp³-hybridized carbons (Fsp3) is 0. The quantitative estimate of drug-likeness (QED) is 0.138. The van der Waals surface area contributed by atoms with Crippen molar-refractivity contribution in [1.29, 1.82) is 0 Å². The number of benzene rings is 9. The van der Waals surface area contributed by atoms with Crippen LogP contribution < -0.4 is 0 Å². The van der Waals surface area contributed by atoms with Crippen molar-refractivity contribution in [2.75, 3.05) is 0 Å². The molecule has 0 aliphatic heterocycles. The molecule has 0 atom stereocenters. The van der Waals surface area contributed by atoms with Gasteiger partial charge in [-0.25, -0.2) is 0 Å². The second-order valence-electron chi connectivity index (χ2n) is 11.4. The van der Waals surface area contributed by atoms with E-state index >= 15 is 0 Å². The van der Waals surface area contributed by atoms with Crippen LogP contribution in [0.15, 0.2) is 158 Å². The molecule has 0 N–H and O–H groups in total. The molecule has 0 bridgehead atoms. The van der Waals surface area contributed by atoms with Gasteiger partial charge in [0.15, 0.2) is 0 Å². The Balaban J connectivity index is 1.54. The summed E-state index contributed by atoms with van der Waals surface area (Å²) in [6.45, 7) is 0. The van der Waals surface area contributed by atoms with E-state index in [0.29, 0.717) is 22.3 Å². The lowest BCUT2D eigenvalue weighted by atomic mass is 9.83. The van der Waals surface area contributed by atoms with Gasteiger partial charge in [0.2, 0.25) is 0 Å². The van der Waals surface area contributed by atoms with Crippen molar-refractivity contribution in [2.24, 2.45) is 0 Å². The van der Waals surface area contributed by atoms with Crippen LogP contribution in [0.25, 0.3) is 96.3 Å². The molecule has 1 aromatic heterocycles. The van der Waals surface area contributed by atoms with E-state index in [1.54, 1.807) is 11.3 Å². The van der Waals surface area contributed by atoms with E-state index in [-0.39, 0.29) is 45.7 Å². The van der Waals surface area contributed by atoms with Crippen molar-refractivity contribution in [3.05, 3.63) is 158 Å². The molecule has 208 valence electrons. The van der Waals surface area contributed by atoms with E-state index in [1.165, 1.54) is 0 Å². The molecule has 45 heavy (non-hydrogen) atoms. The Morgan fingerprint density at radius 2 is 0.933 bits per heavy atom. The zero-order valence-corrected chi connectivity index (χ0v) is 24.6. The maximum absolute atomic E-state index is 9.54. The minimum atomic E-state index is -0.412. The molecular weight excluding hydrogens is 561 g/mol. The average molecular weight is 595 g/mol. The van der Waals surface area contributed by atoms with Gasteiger partial charge in [-0.15, -0.1) is 11.3 Å². The first-order valence-electron chi connectivity index (χ1n) is 18.9. The summed E-state index contributed by atoms with van der Waals surface area (Å²) in [4.78, 5) is 0. The van der Waals surface area contributed by atoms with Crippen LogP contribution in [0.2, 0.25) is 0 Å². The van der Waals surface area contributed by atoms with Gasteiger partial charge in [-0.3, -0.25) is 0 Å². The Bertz CT molecular complexity index is 3190. The van der Waals surface area contributed by atoms with Gasteiger partial charge in [-0.1, -0.05) is 145 Å². The van der Waals surface area contributed by atoms with E-state index in [4.69, 9.17) is 5.48 Å². The summed E-state index contributed by atoms with van der Waals surface area (Å²) >= 11 is 1.62. The largest absolute Gasteiger partial charge is 0.135 e. The maximum atomic E-state index is 9.54.